The molecule has 0 spiro atoms. The maximum Gasteiger partial charge on any atom is 0.262 e. The molecule has 0 aliphatic heterocycles. The van der Waals surface area contributed by atoms with Crippen molar-refractivity contribution in [2.24, 2.45) is 7.05 Å². The molecule has 3 rings (SSSR count). The van der Waals surface area contributed by atoms with E-state index < -0.39 is 5.25 Å². The van der Waals surface area contributed by atoms with Crippen LogP contribution in [0.25, 0.3) is 10.2 Å². The van der Waals surface area contributed by atoms with Gasteiger partial charge in [0.25, 0.3) is 5.56 Å². The van der Waals surface area contributed by atoms with Gasteiger partial charge in [0.15, 0.2) is 5.16 Å². The molecule has 9 heteroatoms. The number of thioether (sulfide) groups is 1. The van der Waals surface area contributed by atoms with Crippen LogP contribution in [-0.4, -0.2) is 20.7 Å². The number of hydrogen-bond acceptors (Lipinski definition) is 5. The molecule has 142 valence electrons. The number of nitrogens with zero attached hydrogens (tertiary/aromatic N) is 2. The fourth-order valence-electron chi connectivity index (χ4n) is 2.56. The van der Waals surface area contributed by atoms with E-state index in [0.717, 1.165) is 5.56 Å². The van der Waals surface area contributed by atoms with Gasteiger partial charge < -0.3 is 5.32 Å². The number of carbonyl (C=O) groups excluding carboxylic acids is 1. The van der Waals surface area contributed by atoms with E-state index in [0.29, 0.717) is 25.4 Å². The third kappa shape index (κ3) is 4.32. The number of carbonyl (C=O) groups is 1. The lowest BCUT2D eigenvalue weighted by molar-refractivity contribution is -0.120. The molecule has 2 unspecified atom stereocenters. The number of benzene rings is 1. The Morgan fingerprint density at radius 2 is 2.04 bits per heavy atom. The van der Waals surface area contributed by atoms with E-state index in [2.05, 4.69) is 10.3 Å². The minimum atomic E-state index is -0.436. The molecule has 0 fully saturated rings. The van der Waals surface area contributed by atoms with Crippen LogP contribution in [0.15, 0.2) is 39.6 Å². The van der Waals surface area contributed by atoms with Crippen LogP contribution < -0.4 is 10.9 Å². The van der Waals surface area contributed by atoms with Crippen molar-refractivity contribution in [2.45, 2.75) is 30.3 Å². The van der Waals surface area contributed by atoms with Gasteiger partial charge in [0.2, 0.25) is 5.91 Å². The van der Waals surface area contributed by atoms with Crippen molar-refractivity contribution >= 4 is 62.4 Å². The number of amides is 1. The Hall–Kier alpha value is -1.54. The lowest BCUT2D eigenvalue weighted by Gasteiger charge is -2.19. The van der Waals surface area contributed by atoms with Crippen LogP contribution in [-0.2, 0) is 11.8 Å². The monoisotopic (exact) mass is 441 g/mol. The van der Waals surface area contributed by atoms with Crippen LogP contribution in [0, 0.1) is 0 Å². The highest BCUT2D eigenvalue weighted by Gasteiger charge is 2.21. The molecule has 2 heterocycles. The van der Waals surface area contributed by atoms with E-state index in [-0.39, 0.29) is 17.5 Å². The summed E-state index contributed by atoms with van der Waals surface area (Å²) in [7, 11) is 1.66. The molecule has 3 aromatic rings. The number of hydrogen-bond donors (Lipinski definition) is 1. The van der Waals surface area contributed by atoms with Crippen LogP contribution in [0.5, 0.6) is 0 Å². The van der Waals surface area contributed by atoms with Crippen molar-refractivity contribution in [2.75, 3.05) is 0 Å². The van der Waals surface area contributed by atoms with Crippen molar-refractivity contribution in [1.82, 2.24) is 14.9 Å². The first kappa shape index (κ1) is 20.2. The predicted molar refractivity (Wildman–Crippen MR) is 113 cm³/mol. The quantitative estimate of drug-likeness (QED) is 0.461. The first-order valence-electron chi connectivity index (χ1n) is 8.14. The van der Waals surface area contributed by atoms with Gasteiger partial charge in [-0.2, -0.15) is 0 Å². The maximum atomic E-state index is 12.6. The van der Waals surface area contributed by atoms with Crippen molar-refractivity contribution < 1.29 is 4.79 Å². The normalized spacial score (nSPS) is 13.5. The van der Waals surface area contributed by atoms with Crippen LogP contribution in [0.3, 0.4) is 0 Å². The summed E-state index contributed by atoms with van der Waals surface area (Å²) >= 11 is 14.8. The molecule has 27 heavy (non-hydrogen) atoms. The van der Waals surface area contributed by atoms with Gasteiger partial charge in [-0.15, -0.1) is 11.3 Å². The van der Waals surface area contributed by atoms with Gasteiger partial charge in [0.1, 0.15) is 4.83 Å². The van der Waals surface area contributed by atoms with Gasteiger partial charge in [0.05, 0.1) is 16.7 Å². The Kier molecular flexibility index (Phi) is 6.15. The second-order valence-electron chi connectivity index (χ2n) is 6.05. The fourth-order valence-corrected chi connectivity index (χ4v) is 4.82. The minimum absolute atomic E-state index is 0.113. The van der Waals surface area contributed by atoms with Crippen LogP contribution >= 0.6 is 46.3 Å². The molecule has 2 aromatic heterocycles. The molecule has 1 aromatic carbocycles. The van der Waals surface area contributed by atoms with Crippen LogP contribution in [0.4, 0.5) is 0 Å². The molecular formula is C18H17Cl2N3O2S2. The molecule has 1 N–H and O–H groups in total. The first-order valence-corrected chi connectivity index (χ1v) is 10.7. The first-order chi connectivity index (χ1) is 12.8. The SMILES string of the molecule is CC(Sc1nc2sccc2c(=O)n1C)C(=O)NC(C)c1ccc(Cl)cc1Cl. The van der Waals surface area contributed by atoms with Crippen molar-refractivity contribution in [3.8, 4) is 0 Å². The van der Waals surface area contributed by atoms with E-state index in [4.69, 9.17) is 23.2 Å². The Morgan fingerprint density at radius 1 is 1.30 bits per heavy atom. The van der Waals surface area contributed by atoms with E-state index in [1.807, 2.05) is 12.3 Å². The molecule has 2 atom stereocenters. The summed E-state index contributed by atoms with van der Waals surface area (Å²) in [5.41, 5.74) is 0.676. The Labute approximate surface area is 174 Å². The summed E-state index contributed by atoms with van der Waals surface area (Å²) in [6, 6.07) is 6.66. The zero-order valence-corrected chi connectivity index (χ0v) is 18.0. The third-order valence-corrected chi connectivity index (χ3v) is 6.62. The van der Waals surface area contributed by atoms with Gasteiger partial charge in [-0.3, -0.25) is 14.2 Å². The number of thiophene rings is 1. The number of aromatic nitrogens is 2. The zero-order valence-electron chi connectivity index (χ0n) is 14.8. The highest BCUT2D eigenvalue weighted by Crippen LogP contribution is 2.28. The molecule has 0 bridgehead atoms. The zero-order chi connectivity index (χ0) is 19.7. The summed E-state index contributed by atoms with van der Waals surface area (Å²) in [6.07, 6.45) is 0. The predicted octanol–water partition coefficient (Wildman–Crippen LogP) is 4.66. The largest absolute Gasteiger partial charge is 0.349 e. The van der Waals surface area contributed by atoms with E-state index in [1.54, 1.807) is 38.2 Å². The van der Waals surface area contributed by atoms with Gasteiger partial charge in [-0.1, -0.05) is 41.0 Å². The van der Waals surface area contributed by atoms with E-state index in [9.17, 15) is 9.59 Å². The number of rotatable bonds is 5. The summed E-state index contributed by atoms with van der Waals surface area (Å²) in [5, 5.41) is 6.49. The molecular weight excluding hydrogens is 425 g/mol. The summed E-state index contributed by atoms with van der Waals surface area (Å²) in [6.45, 7) is 3.64. The third-order valence-electron chi connectivity index (χ3n) is 4.10. The van der Waals surface area contributed by atoms with E-state index >= 15 is 0 Å². The molecule has 0 aliphatic rings. The highest BCUT2D eigenvalue weighted by molar-refractivity contribution is 8.00. The summed E-state index contributed by atoms with van der Waals surface area (Å²) < 4.78 is 1.48. The van der Waals surface area contributed by atoms with Crippen molar-refractivity contribution in [3.05, 3.63) is 55.6 Å². The lowest BCUT2D eigenvalue weighted by Crippen LogP contribution is -2.33. The topological polar surface area (TPSA) is 64.0 Å². The van der Waals surface area contributed by atoms with E-state index in [1.165, 1.54) is 27.7 Å². The number of fused-ring (bicyclic) bond motifs is 1. The van der Waals surface area contributed by atoms with Crippen LogP contribution in [0.2, 0.25) is 10.0 Å². The second kappa shape index (κ2) is 8.22. The minimum Gasteiger partial charge on any atom is -0.349 e. The Morgan fingerprint density at radius 3 is 2.74 bits per heavy atom. The maximum absolute atomic E-state index is 12.6. The second-order valence-corrected chi connectivity index (χ2v) is 9.10. The summed E-state index contributed by atoms with van der Waals surface area (Å²) in [5.74, 6) is -0.168. The molecule has 5 nitrogen and oxygen atoms in total. The average molecular weight is 442 g/mol. The van der Waals surface area contributed by atoms with Crippen molar-refractivity contribution in [3.63, 3.8) is 0 Å². The number of halogens is 2. The average Bonchev–Trinajstić information content (AvgIpc) is 3.07. The van der Waals surface area contributed by atoms with Gasteiger partial charge in [0, 0.05) is 17.1 Å². The molecule has 1 amide bonds. The smallest absolute Gasteiger partial charge is 0.262 e. The van der Waals surface area contributed by atoms with Crippen molar-refractivity contribution in [1.29, 1.82) is 0 Å². The van der Waals surface area contributed by atoms with Gasteiger partial charge in [-0.25, -0.2) is 4.98 Å². The molecule has 0 aliphatic carbocycles. The molecule has 0 saturated heterocycles. The highest BCUT2D eigenvalue weighted by atomic mass is 35.5. The molecule has 0 saturated carbocycles. The number of nitrogens with one attached hydrogen (secondary N) is 1. The van der Waals surface area contributed by atoms with Gasteiger partial charge >= 0.3 is 0 Å². The summed E-state index contributed by atoms with van der Waals surface area (Å²) in [4.78, 5) is 30.2. The Balaban J connectivity index is 1.74. The van der Waals surface area contributed by atoms with Gasteiger partial charge in [-0.05, 0) is 43.0 Å². The molecule has 0 radical (unpaired) electrons. The van der Waals surface area contributed by atoms with Crippen LogP contribution in [0.1, 0.15) is 25.5 Å². The fraction of sp³-hybridized carbons (Fsp3) is 0.278. The lowest BCUT2D eigenvalue weighted by atomic mass is 10.1. The standard InChI is InChI=1S/C18H17Cl2N3O2S2/c1-9(12-5-4-11(19)8-14(12)20)21-15(24)10(2)27-18-22-16-13(6-7-26-16)17(25)23(18)3/h4-10H,1-3H3,(H,21,24). The Bertz CT molecular complexity index is 1060.